The van der Waals surface area contributed by atoms with Crippen LogP contribution in [0.5, 0.6) is 0 Å². The molecule has 0 amide bonds. The summed E-state index contributed by atoms with van der Waals surface area (Å²) in [6.07, 6.45) is 7.12. The lowest BCUT2D eigenvalue weighted by Crippen LogP contribution is -2.27. The van der Waals surface area contributed by atoms with Crippen molar-refractivity contribution in [2.45, 2.75) is 32.1 Å². The van der Waals surface area contributed by atoms with Gasteiger partial charge in [0.1, 0.15) is 0 Å². The van der Waals surface area contributed by atoms with E-state index in [2.05, 4.69) is 46.5 Å². The van der Waals surface area contributed by atoms with E-state index in [4.69, 9.17) is 0 Å². The van der Waals surface area contributed by atoms with Crippen LogP contribution in [0.25, 0.3) is 0 Å². The molecule has 0 atom stereocenters. The zero-order valence-electron chi connectivity index (χ0n) is 12.4. The molecule has 1 N–H and O–H groups in total. The molecule has 3 rings (SSSR count). The van der Waals surface area contributed by atoms with Crippen molar-refractivity contribution in [3.63, 3.8) is 0 Å². The summed E-state index contributed by atoms with van der Waals surface area (Å²) in [5, 5.41) is 3.38. The second-order valence-corrected chi connectivity index (χ2v) is 5.62. The van der Waals surface area contributed by atoms with Crippen molar-refractivity contribution in [2.24, 2.45) is 0 Å². The van der Waals surface area contributed by atoms with Gasteiger partial charge in [0.05, 0.1) is 11.4 Å². The summed E-state index contributed by atoms with van der Waals surface area (Å²) in [5.41, 5.74) is 4.78. The van der Waals surface area contributed by atoms with Crippen LogP contribution >= 0.6 is 12.4 Å². The number of nitrogens with zero attached hydrogens (tertiary/aromatic N) is 2. The molecule has 0 spiro atoms. The minimum atomic E-state index is 0. The van der Waals surface area contributed by atoms with Crippen LogP contribution in [0.2, 0.25) is 0 Å². The van der Waals surface area contributed by atoms with Gasteiger partial charge in [0.25, 0.3) is 0 Å². The van der Waals surface area contributed by atoms with E-state index in [1.165, 1.54) is 24.0 Å². The first-order chi connectivity index (χ1) is 9.81. The van der Waals surface area contributed by atoms with E-state index in [-0.39, 0.29) is 12.4 Å². The summed E-state index contributed by atoms with van der Waals surface area (Å²) in [5.74, 6) is 0.581. The fourth-order valence-corrected chi connectivity index (χ4v) is 2.70. The maximum Gasteiger partial charge on any atom is 0.0630 e. The Morgan fingerprint density at radius 1 is 1.05 bits per heavy atom. The number of nitrogens with one attached hydrogen (secondary N) is 1. The molecule has 1 aliphatic heterocycles. The molecule has 0 unspecified atom stereocenters. The molecule has 1 fully saturated rings. The van der Waals surface area contributed by atoms with Gasteiger partial charge in [-0.2, -0.15) is 0 Å². The molecule has 1 aromatic carbocycles. The van der Waals surface area contributed by atoms with Gasteiger partial charge in [-0.25, -0.2) is 0 Å². The third-order valence-corrected chi connectivity index (χ3v) is 3.99. The zero-order chi connectivity index (χ0) is 13.8. The molecule has 4 heteroatoms. The smallest absolute Gasteiger partial charge is 0.0630 e. The van der Waals surface area contributed by atoms with Crippen LogP contribution < -0.4 is 5.32 Å². The normalized spacial score (nSPS) is 15.5. The summed E-state index contributed by atoms with van der Waals surface area (Å²) in [6, 6.07) is 8.62. The highest BCUT2D eigenvalue weighted by molar-refractivity contribution is 5.85. The molecule has 0 radical (unpaired) electrons. The Hall–Kier alpha value is -1.45. The second-order valence-electron chi connectivity index (χ2n) is 5.62. The average molecular weight is 304 g/mol. The van der Waals surface area contributed by atoms with E-state index in [0.29, 0.717) is 5.92 Å². The second kappa shape index (κ2) is 7.53. The topological polar surface area (TPSA) is 37.8 Å². The van der Waals surface area contributed by atoms with Crippen molar-refractivity contribution in [2.75, 3.05) is 13.1 Å². The Bertz CT molecular complexity index is 545. The number of hydrogen-bond acceptors (Lipinski definition) is 3. The lowest BCUT2D eigenvalue weighted by molar-refractivity contribution is 0.452. The van der Waals surface area contributed by atoms with Crippen LogP contribution in [-0.4, -0.2) is 23.1 Å². The SMILES string of the molecule is Cc1ccc(Cc2cnc(C3CCNCC3)cn2)cc1.Cl. The van der Waals surface area contributed by atoms with E-state index in [0.717, 1.165) is 30.9 Å². The molecule has 0 saturated carbocycles. The monoisotopic (exact) mass is 303 g/mol. The zero-order valence-corrected chi connectivity index (χ0v) is 13.2. The van der Waals surface area contributed by atoms with Crippen LogP contribution in [0.15, 0.2) is 36.7 Å². The summed E-state index contributed by atoms with van der Waals surface area (Å²) in [4.78, 5) is 9.21. The molecular weight excluding hydrogens is 282 g/mol. The van der Waals surface area contributed by atoms with Gasteiger partial charge in [-0.15, -0.1) is 12.4 Å². The lowest BCUT2D eigenvalue weighted by atomic mass is 9.95. The molecule has 2 aromatic rings. The number of piperidine rings is 1. The minimum Gasteiger partial charge on any atom is -0.317 e. The van der Waals surface area contributed by atoms with Gasteiger partial charge in [-0.3, -0.25) is 9.97 Å². The van der Waals surface area contributed by atoms with Crippen LogP contribution in [-0.2, 0) is 6.42 Å². The predicted molar refractivity (Wildman–Crippen MR) is 88.1 cm³/mol. The van der Waals surface area contributed by atoms with Crippen molar-refractivity contribution < 1.29 is 0 Å². The van der Waals surface area contributed by atoms with Gasteiger partial charge < -0.3 is 5.32 Å². The summed E-state index contributed by atoms with van der Waals surface area (Å²) < 4.78 is 0. The Morgan fingerprint density at radius 3 is 2.38 bits per heavy atom. The maximum atomic E-state index is 4.63. The summed E-state index contributed by atoms with van der Waals surface area (Å²) >= 11 is 0. The van der Waals surface area contributed by atoms with E-state index in [9.17, 15) is 0 Å². The number of hydrogen-bond donors (Lipinski definition) is 1. The van der Waals surface area contributed by atoms with Crippen molar-refractivity contribution in [1.29, 1.82) is 0 Å². The Kier molecular flexibility index (Phi) is 5.71. The van der Waals surface area contributed by atoms with Crippen molar-refractivity contribution in [1.82, 2.24) is 15.3 Å². The molecule has 21 heavy (non-hydrogen) atoms. The van der Waals surface area contributed by atoms with Gasteiger partial charge >= 0.3 is 0 Å². The average Bonchev–Trinajstić information content (AvgIpc) is 2.51. The van der Waals surface area contributed by atoms with E-state index in [1.54, 1.807) is 0 Å². The first-order valence-corrected chi connectivity index (χ1v) is 7.38. The van der Waals surface area contributed by atoms with Crippen molar-refractivity contribution in [3.05, 3.63) is 59.2 Å². The maximum absolute atomic E-state index is 4.63. The Labute approximate surface area is 132 Å². The molecule has 1 aromatic heterocycles. The van der Waals surface area contributed by atoms with E-state index in [1.807, 2.05) is 12.4 Å². The van der Waals surface area contributed by atoms with Crippen LogP contribution in [0.1, 0.15) is 41.3 Å². The third-order valence-electron chi connectivity index (χ3n) is 3.99. The van der Waals surface area contributed by atoms with Crippen molar-refractivity contribution >= 4 is 12.4 Å². The highest BCUT2D eigenvalue weighted by Gasteiger charge is 2.16. The fraction of sp³-hybridized carbons (Fsp3) is 0.412. The van der Waals surface area contributed by atoms with Gasteiger partial charge in [-0.05, 0) is 38.4 Å². The van der Waals surface area contributed by atoms with Gasteiger partial charge in [0.2, 0.25) is 0 Å². The van der Waals surface area contributed by atoms with Crippen LogP contribution in [0.3, 0.4) is 0 Å². The molecule has 112 valence electrons. The first-order valence-electron chi connectivity index (χ1n) is 7.38. The molecule has 0 aliphatic carbocycles. The van der Waals surface area contributed by atoms with Gasteiger partial charge in [-0.1, -0.05) is 29.8 Å². The molecule has 3 nitrogen and oxygen atoms in total. The van der Waals surface area contributed by atoms with Gasteiger partial charge in [0, 0.05) is 24.7 Å². The lowest BCUT2D eigenvalue weighted by Gasteiger charge is -2.21. The predicted octanol–water partition coefficient (Wildman–Crippen LogP) is 3.26. The van der Waals surface area contributed by atoms with E-state index < -0.39 is 0 Å². The Balaban J connectivity index is 0.00000161. The number of halogens is 1. The number of aromatic nitrogens is 2. The highest BCUT2D eigenvalue weighted by atomic mass is 35.5. The number of rotatable bonds is 3. The molecule has 1 saturated heterocycles. The van der Waals surface area contributed by atoms with Crippen LogP contribution in [0, 0.1) is 6.92 Å². The number of aryl methyl sites for hydroxylation is 1. The molecule has 0 bridgehead atoms. The van der Waals surface area contributed by atoms with Crippen LogP contribution in [0.4, 0.5) is 0 Å². The molecular formula is C17H22ClN3. The summed E-state index contributed by atoms with van der Waals surface area (Å²) in [7, 11) is 0. The summed E-state index contributed by atoms with van der Waals surface area (Å²) in [6.45, 7) is 4.30. The molecule has 2 heterocycles. The van der Waals surface area contributed by atoms with E-state index >= 15 is 0 Å². The Morgan fingerprint density at radius 2 is 1.76 bits per heavy atom. The van der Waals surface area contributed by atoms with Crippen molar-refractivity contribution in [3.8, 4) is 0 Å². The number of benzene rings is 1. The quantitative estimate of drug-likeness (QED) is 0.946. The standard InChI is InChI=1S/C17H21N3.ClH/c1-13-2-4-14(5-3-13)10-16-11-20-17(12-19-16)15-6-8-18-9-7-15;/h2-5,11-12,15,18H,6-10H2,1H3;1H. The highest BCUT2D eigenvalue weighted by Crippen LogP contribution is 2.22. The molecule has 1 aliphatic rings. The largest absolute Gasteiger partial charge is 0.317 e. The van der Waals surface area contributed by atoms with Gasteiger partial charge in [0.15, 0.2) is 0 Å². The third kappa shape index (κ3) is 4.26. The minimum absolute atomic E-state index is 0. The first kappa shape index (κ1) is 15.9. The fourth-order valence-electron chi connectivity index (χ4n) is 2.70.